The second-order valence-electron chi connectivity index (χ2n) is 22.8. The van der Waals surface area contributed by atoms with E-state index in [-0.39, 0.29) is 45.7 Å². The third-order valence-electron chi connectivity index (χ3n) is 15.5. The molecule has 4 aromatic carbocycles. The number of hydrogen-bond acceptors (Lipinski definition) is 14. The van der Waals surface area contributed by atoms with Crippen molar-refractivity contribution in [3.63, 3.8) is 0 Å². The summed E-state index contributed by atoms with van der Waals surface area (Å²) in [6, 6.07) is 38.9. The van der Waals surface area contributed by atoms with Crippen molar-refractivity contribution < 1.29 is 66.5 Å². The molecule has 0 bridgehead atoms. The van der Waals surface area contributed by atoms with Crippen molar-refractivity contribution >= 4 is 17.9 Å². The highest BCUT2D eigenvalue weighted by atomic mass is 16.8. The standard InChI is InChI=1S/C71H100O14/c1-6-8-10-12-13-14-15-16-17-18-19-20-21-23-37-47-61(46-36-22-11-9-7-2)82-71-69(81-56(5)74)67(80-55(4)73)65(62(83-71)52-75-48-57-38-28-24-29-39-57)85-70-68(79-51-60-44-34-27-35-45-60)66(78-50-59-42-32-26-33-43-59)64(63(84-70)53-76-54(3)72)77-49-58-40-30-25-31-41-58/h22,24-36,38-45,61-71H,6-21,23,37,46-53H2,1-5H3/b36-22+/t61?,62-,63-,64-,65+,66+,67+,68-,69-,70-,71-/m1/s1. The van der Waals surface area contributed by atoms with E-state index in [1.807, 2.05) is 121 Å². The van der Waals surface area contributed by atoms with E-state index in [9.17, 15) is 14.4 Å². The average Bonchev–Trinajstić information content (AvgIpc) is 1.52. The van der Waals surface area contributed by atoms with Gasteiger partial charge in [-0.25, -0.2) is 0 Å². The van der Waals surface area contributed by atoms with Crippen LogP contribution in [0.25, 0.3) is 0 Å². The van der Waals surface area contributed by atoms with Gasteiger partial charge in [-0.15, -0.1) is 0 Å². The van der Waals surface area contributed by atoms with Crippen LogP contribution in [0.4, 0.5) is 0 Å². The highest BCUT2D eigenvalue weighted by molar-refractivity contribution is 5.67. The first-order valence-electron chi connectivity index (χ1n) is 31.9. The fraction of sp³-hybridized carbons (Fsp3) is 0.592. The van der Waals surface area contributed by atoms with Crippen molar-refractivity contribution in [3.8, 4) is 0 Å². The fourth-order valence-electron chi connectivity index (χ4n) is 11.0. The molecular weight excluding hydrogens is 1080 g/mol. The fourth-order valence-corrected chi connectivity index (χ4v) is 11.0. The highest BCUT2D eigenvalue weighted by Gasteiger charge is 2.56. The van der Waals surface area contributed by atoms with Gasteiger partial charge in [-0.3, -0.25) is 14.4 Å². The molecule has 0 radical (unpaired) electrons. The summed E-state index contributed by atoms with van der Waals surface area (Å²) in [4.78, 5) is 39.6. The minimum absolute atomic E-state index is 0.0690. The zero-order chi connectivity index (χ0) is 60.1. The maximum absolute atomic E-state index is 13.6. The summed E-state index contributed by atoms with van der Waals surface area (Å²) >= 11 is 0. The molecule has 0 amide bonds. The Morgan fingerprint density at radius 2 is 0.871 bits per heavy atom. The molecule has 0 N–H and O–H groups in total. The Morgan fingerprint density at radius 3 is 1.36 bits per heavy atom. The molecule has 468 valence electrons. The van der Waals surface area contributed by atoms with Crippen molar-refractivity contribution in [2.75, 3.05) is 13.2 Å². The molecule has 2 fully saturated rings. The Hall–Kier alpha value is -5.29. The van der Waals surface area contributed by atoms with E-state index in [0.717, 1.165) is 67.2 Å². The van der Waals surface area contributed by atoms with Crippen molar-refractivity contribution in [2.45, 2.75) is 257 Å². The van der Waals surface area contributed by atoms with E-state index < -0.39 is 79.3 Å². The molecule has 0 saturated carbocycles. The molecule has 0 aliphatic carbocycles. The molecular formula is C71H100O14. The molecule has 0 spiro atoms. The minimum Gasteiger partial charge on any atom is -0.463 e. The van der Waals surface area contributed by atoms with Gasteiger partial charge in [0.25, 0.3) is 0 Å². The van der Waals surface area contributed by atoms with Crippen LogP contribution < -0.4 is 0 Å². The molecule has 14 heteroatoms. The minimum atomic E-state index is -1.34. The summed E-state index contributed by atoms with van der Waals surface area (Å²) < 4.78 is 73.7. The van der Waals surface area contributed by atoms with Crippen LogP contribution >= 0.6 is 0 Å². The van der Waals surface area contributed by atoms with E-state index in [4.69, 9.17) is 52.1 Å². The van der Waals surface area contributed by atoms with Gasteiger partial charge >= 0.3 is 17.9 Å². The van der Waals surface area contributed by atoms with Crippen LogP contribution in [-0.2, 0) is 92.9 Å². The maximum Gasteiger partial charge on any atom is 0.303 e. The molecule has 4 aromatic rings. The van der Waals surface area contributed by atoms with Crippen LogP contribution in [0.15, 0.2) is 133 Å². The molecule has 1 unspecified atom stereocenters. The topological polar surface area (TPSA) is 153 Å². The first-order valence-corrected chi connectivity index (χ1v) is 31.9. The molecule has 14 nitrogen and oxygen atoms in total. The number of esters is 3. The Kier molecular flexibility index (Phi) is 33.2. The lowest BCUT2D eigenvalue weighted by Crippen LogP contribution is -2.67. The molecule has 11 atom stereocenters. The molecule has 6 rings (SSSR count). The molecule has 0 aromatic heterocycles. The van der Waals surface area contributed by atoms with Crippen molar-refractivity contribution in [1.29, 1.82) is 0 Å². The summed E-state index contributed by atoms with van der Waals surface area (Å²) in [7, 11) is 0. The third kappa shape index (κ3) is 26.3. The molecule has 2 aliphatic heterocycles. The Labute approximate surface area is 508 Å². The number of allylic oxidation sites excluding steroid dienone is 1. The number of hydrogen-bond donors (Lipinski definition) is 0. The summed E-state index contributed by atoms with van der Waals surface area (Å²) in [6.07, 6.45) is 16.1. The normalized spacial score (nSPS) is 22.7. The second-order valence-corrected chi connectivity index (χ2v) is 22.8. The molecule has 2 aliphatic rings. The summed E-state index contributed by atoms with van der Waals surface area (Å²) in [5.74, 6) is -1.81. The summed E-state index contributed by atoms with van der Waals surface area (Å²) in [5.41, 5.74) is 3.58. The van der Waals surface area contributed by atoms with E-state index in [1.165, 1.54) is 97.8 Å². The van der Waals surface area contributed by atoms with Gasteiger partial charge in [-0.05, 0) is 41.5 Å². The Bertz CT molecular complexity index is 2410. The lowest BCUT2D eigenvalue weighted by molar-refractivity contribution is -0.373. The first kappa shape index (κ1) is 68.8. The van der Waals surface area contributed by atoms with Gasteiger partial charge in [0.15, 0.2) is 24.8 Å². The number of unbranched alkanes of at least 4 members (excludes halogenated alkanes) is 16. The number of rotatable bonds is 42. The number of benzene rings is 4. The van der Waals surface area contributed by atoms with Crippen LogP contribution in [0.1, 0.15) is 185 Å². The molecule has 2 heterocycles. The van der Waals surface area contributed by atoms with Gasteiger partial charge in [0.05, 0.1) is 39.1 Å². The predicted octanol–water partition coefficient (Wildman–Crippen LogP) is 15.0. The SMILES string of the molecule is CCCC/C=C/CC(CCCCCCCCCCCCCCCCC)O[C@@H]1O[C@H](COCc2ccccc2)[C@H](O[C@H]2O[C@H](COC(C)=O)[C@@H](OCc3ccccc3)[C@H](OCc3ccccc3)[C@H]2OCc2ccccc2)[C@H](OC(C)=O)[C@H]1OC(C)=O. The molecule has 85 heavy (non-hydrogen) atoms. The van der Waals surface area contributed by atoms with Gasteiger partial charge in [-0.2, -0.15) is 0 Å². The maximum atomic E-state index is 13.6. The Balaban J connectivity index is 1.31. The predicted molar refractivity (Wildman–Crippen MR) is 329 cm³/mol. The number of ether oxygens (including phenoxy) is 11. The van der Waals surface area contributed by atoms with Gasteiger partial charge in [0.1, 0.15) is 43.2 Å². The van der Waals surface area contributed by atoms with Crippen molar-refractivity contribution in [1.82, 2.24) is 0 Å². The van der Waals surface area contributed by atoms with Crippen LogP contribution in [0.2, 0.25) is 0 Å². The van der Waals surface area contributed by atoms with E-state index >= 15 is 0 Å². The van der Waals surface area contributed by atoms with E-state index in [1.54, 1.807) is 0 Å². The van der Waals surface area contributed by atoms with Gasteiger partial charge < -0.3 is 52.1 Å². The highest BCUT2D eigenvalue weighted by Crippen LogP contribution is 2.37. The Morgan fingerprint density at radius 1 is 0.435 bits per heavy atom. The second kappa shape index (κ2) is 41.0. The number of carbonyl (C=O) groups excluding carboxylic acids is 3. The smallest absolute Gasteiger partial charge is 0.303 e. The monoisotopic (exact) mass is 1180 g/mol. The van der Waals surface area contributed by atoms with Crippen LogP contribution in [0.5, 0.6) is 0 Å². The zero-order valence-electron chi connectivity index (χ0n) is 51.7. The summed E-state index contributed by atoms with van der Waals surface area (Å²) in [6.45, 7) is 8.72. The van der Waals surface area contributed by atoms with Gasteiger partial charge in [-0.1, -0.05) is 256 Å². The lowest BCUT2D eigenvalue weighted by atomic mass is 9.95. The van der Waals surface area contributed by atoms with Crippen molar-refractivity contribution in [2.24, 2.45) is 0 Å². The van der Waals surface area contributed by atoms with Gasteiger partial charge in [0, 0.05) is 20.8 Å². The quantitative estimate of drug-likeness (QED) is 0.0179. The first-order chi connectivity index (χ1) is 41.6. The van der Waals surface area contributed by atoms with Crippen LogP contribution in [-0.4, -0.2) is 98.6 Å². The summed E-state index contributed by atoms with van der Waals surface area (Å²) in [5, 5.41) is 0. The average molecular weight is 1180 g/mol. The van der Waals surface area contributed by atoms with E-state index in [2.05, 4.69) is 26.0 Å². The lowest BCUT2D eigenvalue weighted by Gasteiger charge is -2.50. The van der Waals surface area contributed by atoms with Crippen LogP contribution in [0.3, 0.4) is 0 Å². The largest absolute Gasteiger partial charge is 0.463 e. The zero-order valence-corrected chi connectivity index (χ0v) is 51.7. The van der Waals surface area contributed by atoms with E-state index in [0.29, 0.717) is 6.42 Å². The van der Waals surface area contributed by atoms with Crippen molar-refractivity contribution in [3.05, 3.63) is 156 Å². The number of carbonyl (C=O) groups is 3. The molecule has 2 saturated heterocycles. The van der Waals surface area contributed by atoms with Crippen LogP contribution in [0, 0.1) is 0 Å². The van der Waals surface area contributed by atoms with Gasteiger partial charge in [0.2, 0.25) is 0 Å². The third-order valence-corrected chi connectivity index (χ3v) is 15.5.